The minimum absolute atomic E-state index is 0.711. The Morgan fingerprint density at radius 3 is 2.76 bits per heavy atom. The Balaban J connectivity index is 2.68. The predicted molar refractivity (Wildman–Crippen MR) is 74.3 cm³/mol. The van der Waals surface area contributed by atoms with Gasteiger partial charge in [-0.3, -0.25) is 0 Å². The van der Waals surface area contributed by atoms with Crippen molar-refractivity contribution in [2.24, 2.45) is 0 Å². The Morgan fingerprint density at radius 1 is 1.29 bits per heavy atom. The van der Waals surface area contributed by atoms with Crippen LogP contribution in [-0.2, 0) is 6.54 Å². The maximum atomic E-state index is 5.72. The molecule has 1 N–H and O–H groups in total. The Bertz CT molecular complexity index is 331. The van der Waals surface area contributed by atoms with Gasteiger partial charge in [0.05, 0.1) is 13.7 Å². The quantitative estimate of drug-likeness (QED) is 0.723. The van der Waals surface area contributed by atoms with Crippen molar-refractivity contribution in [3.63, 3.8) is 0 Å². The van der Waals surface area contributed by atoms with Crippen LogP contribution in [0.2, 0.25) is 0 Å². The SMILES string of the molecule is CCNCc1ccc(OC)c(OCCSC)c1. The van der Waals surface area contributed by atoms with Crippen LogP contribution in [0.3, 0.4) is 0 Å². The van der Waals surface area contributed by atoms with Crippen LogP contribution in [0, 0.1) is 0 Å². The summed E-state index contributed by atoms with van der Waals surface area (Å²) < 4.78 is 11.0. The van der Waals surface area contributed by atoms with Crippen LogP contribution >= 0.6 is 11.8 Å². The molecule has 0 saturated carbocycles. The van der Waals surface area contributed by atoms with E-state index in [2.05, 4.69) is 24.6 Å². The molecule has 0 amide bonds. The lowest BCUT2D eigenvalue weighted by atomic mass is 10.2. The van der Waals surface area contributed by atoms with Crippen LogP contribution in [0.25, 0.3) is 0 Å². The molecule has 0 aliphatic carbocycles. The normalized spacial score (nSPS) is 10.3. The Morgan fingerprint density at radius 2 is 2.12 bits per heavy atom. The minimum Gasteiger partial charge on any atom is -0.493 e. The third-order valence-electron chi connectivity index (χ3n) is 2.35. The van der Waals surface area contributed by atoms with E-state index in [4.69, 9.17) is 9.47 Å². The summed E-state index contributed by atoms with van der Waals surface area (Å²) in [4.78, 5) is 0. The van der Waals surface area contributed by atoms with Crippen molar-refractivity contribution in [2.45, 2.75) is 13.5 Å². The first-order chi connectivity index (χ1) is 8.31. The predicted octanol–water partition coefficient (Wildman–Crippen LogP) is 2.55. The van der Waals surface area contributed by atoms with Crippen molar-refractivity contribution in [1.82, 2.24) is 5.32 Å². The maximum Gasteiger partial charge on any atom is 0.161 e. The molecule has 0 spiro atoms. The monoisotopic (exact) mass is 255 g/mol. The summed E-state index contributed by atoms with van der Waals surface area (Å²) >= 11 is 1.77. The lowest BCUT2D eigenvalue weighted by molar-refractivity contribution is 0.313. The molecule has 0 fully saturated rings. The molecule has 4 heteroatoms. The average molecular weight is 255 g/mol. The average Bonchev–Trinajstić information content (AvgIpc) is 2.37. The molecular formula is C13H21NO2S. The molecule has 0 aliphatic rings. The van der Waals surface area contributed by atoms with Crippen LogP contribution < -0.4 is 14.8 Å². The fraction of sp³-hybridized carbons (Fsp3) is 0.538. The highest BCUT2D eigenvalue weighted by Crippen LogP contribution is 2.28. The van der Waals surface area contributed by atoms with Gasteiger partial charge < -0.3 is 14.8 Å². The van der Waals surface area contributed by atoms with Crippen molar-refractivity contribution < 1.29 is 9.47 Å². The Kier molecular flexibility index (Phi) is 6.89. The first-order valence-corrected chi connectivity index (χ1v) is 7.20. The number of benzene rings is 1. The number of methoxy groups -OCH3 is 1. The van der Waals surface area contributed by atoms with Crippen LogP contribution in [-0.4, -0.2) is 32.3 Å². The summed E-state index contributed by atoms with van der Waals surface area (Å²) in [6, 6.07) is 6.06. The molecule has 0 aliphatic heterocycles. The molecule has 0 aromatic heterocycles. The second-order valence-corrected chi connectivity index (χ2v) is 4.59. The van der Waals surface area contributed by atoms with Crippen LogP contribution in [0.4, 0.5) is 0 Å². The van der Waals surface area contributed by atoms with Gasteiger partial charge in [0.1, 0.15) is 0 Å². The molecule has 1 aromatic carbocycles. The summed E-state index contributed by atoms with van der Waals surface area (Å²) in [5, 5.41) is 3.30. The fourth-order valence-electron chi connectivity index (χ4n) is 1.45. The van der Waals surface area contributed by atoms with Crippen molar-refractivity contribution in [1.29, 1.82) is 0 Å². The first kappa shape index (κ1) is 14.2. The summed E-state index contributed by atoms with van der Waals surface area (Å²) in [7, 11) is 1.67. The van der Waals surface area contributed by atoms with Gasteiger partial charge in [-0.15, -0.1) is 0 Å². The molecule has 0 saturated heterocycles. The lowest BCUT2D eigenvalue weighted by Crippen LogP contribution is -2.12. The number of ether oxygens (including phenoxy) is 2. The van der Waals surface area contributed by atoms with Gasteiger partial charge in [-0.2, -0.15) is 11.8 Å². The van der Waals surface area contributed by atoms with E-state index in [0.29, 0.717) is 6.61 Å². The summed E-state index contributed by atoms with van der Waals surface area (Å²) in [6.45, 7) is 4.63. The van der Waals surface area contributed by atoms with Crippen LogP contribution in [0.15, 0.2) is 18.2 Å². The van der Waals surface area contributed by atoms with Gasteiger partial charge in [-0.25, -0.2) is 0 Å². The summed E-state index contributed by atoms with van der Waals surface area (Å²) in [6.07, 6.45) is 2.07. The number of hydrogen-bond acceptors (Lipinski definition) is 4. The zero-order chi connectivity index (χ0) is 12.5. The van der Waals surface area contributed by atoms with Gasteiger partial charge in [0.2, 0.25) is 0 Å². The second-order valence-electron chi connectivity index (χ2n) is 3.61. The molecule has 96 valence electrons. The smallest absolute Gasteiger partial charge is 0.161 e. The molecule has 1 aromatic rings. The minimum atomic E-state index is 0.711. The molecule has 0 unspecified atom stereocenters. The van der Waals surface area contributed by atoms with Gasteiger partial charge in [-0.05, 0) is 30.5 Å². The second kappa shape index (κ2) is 8.25. The first-order valence-electron chi connectivity index (χ1n) is 5.81. The van der Waals surface area contributed by atoms with Gasteiger partial charge in [0.15, 0.2) is 11.5 Å². The number of nitrogens with one attached hydrogen (secondary N) is 1. The van der Waals surface area contributed by atoms with Gasteiger partial charge in [0, 0.05) is 12.3 Å². The van der Waals surface area contributed by atoms with Crippen molar-refractivity contribution in [3.05, 3.63) is 23.8 Å². The van der Waals surface area contributed by atoms with Crippen LogP contribution in [0.5, 0.6) is 11.5 Å². The van der Waals surface area contributed by atoms with Crippen molar-refractivity contribution in [2.75, 3.05) is 32.3 Å². The van der Waals surface area contributed by atoms with E-state index in [0.717, 1.165) is 30.3 Å². The third-order valence-corrected chi connectivity index (χ3v) is 2.93. The van der Waals surface area contributed by atoms with E-state index < -0.39 is 0 Å². The molecule has 0 bridgehead atoms. The van der Waals surface area contributed by atoms with Gasteiger partial charge >= 0.3 is 0 Å². The van der Waals surface area contributed by atoms with E-state index in [9.17, 15) is 0 Å². The molecule has 3 nitrogen and oxygen atoms in total. The van der Waals surface area contributed by atoms with E-state index in [-0.39, 0.29) is 0 Å². The molecule has 0 heterocycles. The zero-order valence-corrected chi connectivity index (χ0v) is 11.6. The van der Waals surface area contributed by atoms with E-state index >= 15 is 0 Å². The number of hydrogen-bond donors (Lipinski definition) is 1. The highest BCUT2D eigenvalue weighted by Gasteiger charge is 2.05. The van der Waals surface area contributed by atoms with Crippen molar-refractivity contribution >= 4 is 11.8 Å². The van der Waals surface area contributed by atoms with E-state index in [1.54, 1.807) is 18.9 Å². The van der Waals surface area contributed by atoms with E-state index in [1.165, 1.54) is 5.56 Å². The van der Waals surface area contributed by atoms with E-state index in [1.807, 2.05) is 12.1 Å². The van der Waals surface area contributed by atoms with Gasteiger partial charge in [0.25, 0.3) is 0 Å². The van der Waals surface area contributed by atoms with Crippen molar-refractivity contribution in [3.8, 4) is 11.5 Å². The molecule has 17 heavy (non-hydrogen) atoms. The largest absolute Gasteiger partial charge is 0.493 e. The Labute approximate surface area is 108 Å². The zero-order valence-electron chi connectivity index (χ0n) is 10.8. The highest BCUT2D eigenvalue weighted by atomic mass is 32.2. The highest BCUT2D eigenvalue weighted by molar-refractivity contribution is 7.98. The summed E-state index contributed by atoms with van der Waals surface area (Å²) in [5.74, 6) is 2.61. The third kappa shape index (κ3) is 4.88. The van der Waals surface area contributed by atoms with Crippen LogP contribution in [0.1, 0.15) is 12.5 Å². The lowest BCUT2D eigenvalue weighted by Gasteiger charge is -2.12. The Hall–Kier alpha value is -0.870. The molecule has 0 radical (unpaired) electrons. The maximum absolute atomic E-state index is 5.72. The van der Waals surface area contributed by atoms with Gasteiger partial charge in [-0.1, -0.05) is 13.0 Å². The topological polar surface area (TPSA) is 30.5 Å². The molecular weight excluding hydrogens is 234 g/mol. The fourth-order valence-corrected chi connectivity index (χ4v) is 1.70. The number of rotatable bonds is 8. The number of thioether (sulfide) groups is 1. The standard InChI is InChI=1S/C13H21NO2S/c1-4-14-10-11-5-6-12(15-2)13(9-11)16-7-8-17-3/h5-6,9,14H,4,7-8,10H2,1-3H3. The molecule has 1 rings (SSSR count). The summed E-state index contributed by atoms with van der Waals surface area (Å²) in [5.41, 5.74) is 1.21. The molecule has 0 atom stereocenters.